The molecule has 1 saturated carbocycles. The maximum atomic E-state index is 12.0. The Labute approximate surface area is 90.4 Å². The number of carbonyl (C=O) groups excluding carboxylic acids is 1. The van der Waals surface area contributed by atoms with E-state index in [1.54, 1.807) is 11.8 Å². The number of hydrogen-bond donors (Lipinski definition) is 2. The zero-order valence-corrected chi connectivity index (χ0v) is 9.28. The molecule has 3 N–H and O–H groups in total. The number of likely N-dealkylation sites (tertiary alicyclic amines) is 1. The third-order valence-electron chi connectivity index (χ3n) is 3.44. The van der Waals surface area contributed by atoms with Gasteiger partial charge in [-0.3, -0.25) is 4.79 Å². The lowest BCUT2D eigenvalue weighted by molar-refractivity contribution is -0.157. The fourth-order valence-electron chi connectivity index (χ4n) is 2.64. The molecule has 2 fully saturated rings. The fourth-order valence-corrected chi connectivity index (χ4v) is 2.64. The number of aliphatic hydroxyl groups is 1. The third kappa shape index (κ3) is 2.32. The zero-order chi connectivity index (χ0) is 11.1. The molecule has 0 aromatic heterocycles. The summed E-state index contributed by atoms with van der Waals surface area (Å²) in [6.45, 7) is 2.73. The van der Waals surface area contributed by atoms with Crippen molar-refractivity contribution in [2.24, 2.45) is 11.7 Å². The summed E-state index contributed by atoms with van der Waals surface area (Å²) in [5.41, 5.74) is 5.20. The number of hydrogen-bond acceptors (Lipinski definition) is 3. The fraction of sp³-hybridized carbons (Fsp3) is 0.909. The predicted octanol–water partition coefficient (Wildman–Crippen LogP) is 0.0971. The second kappa shape index (κ2) is 3.76. The molecule has 0 aromatic rings. The average molecular weight is 212 g/mol. The van der Waals surface area contributed by atoms with E-state index in [1.165, 1.54) is 0 Å². The van der Waals surface area contributed by atoms with Gasteiger partial charge in [-0.05, 0) is 26.2 Å². The molecule has 86 valence electrons. The molecule has 1 aliphatic heterocycles. The van der Waals surface area contributed by atoms with E-state index >= 15 is 0 Å². The highest BCUT2D eigenvalue weighted by molar-refractivity contribution is 5.80. The monoisotopic (exact) mass is 212 g/mol. The summed E-state index contributed by atoms with van der Waals surface area (Å²) in [4.78, 5) is 13.7. The van der Waals surface area contributed by atoms with Crippen molar-refractivity contribution in [3.8, 4) is 0 Å². The number of rotatable bonds is 1. The Hall–Kier alpha value is -0.610. The first-order chi connectivity index (χ1) is 6.98. The molecule has 1 heterocycles. The van der Waals surface area contributed by atoms with Gasteiger partial charge < -0.3 is 15.7 Å². The molecule has 2 unspecified atom stereocenters. The number of β-amino-alcohol motifs (C(OH)–C–C–N with tert-alkyl or cyclic N) is 1. The Balaban J connectivity index is 1.86. The number of amides is 1. The highest BCUT2D eigenvalue weighted by Gasteiger charge is 2.41. The number of nitrogens with zero attached hydrogens (tertiary/aromatic N) is 1. The Morgan fingerprint density at radius 3 is 2.67 bits per heavy atom. The van der Waals surface area contributed by atoms with E-state index in [-0.39, 0.29) is 17.9 Å². The highest BCUT2D eigenvalue weighted by Crippen LogP contribution is 2.29. The molecule has 2 atom stereocenters. The second-order valence-electron chi connectivity index (χ2n) is 5.31. The lowest BCUT2D eigenvalue weighted by Crippen LogP contribution is -2.63. The molecule has 15 heavy (non-hydrogen) atoms. The van der Waals surface area contributed by atoms with Crippen LogP contribution in [0.1, 0.15) is 32.6 Å². The molecule has 4 nitrogen and oxygen atoms in total. The van der Waals surface area contributed by atoms with Gasteiger partial charge >= 0.3 is 0 Å². The van der Waals surface area contributed by atoms with Gasteiger partial charge in [0.2, 0.25) is 5.91 Å². The molecule has 0 aromatic carbocycles. The largest absolute Gasteiger partial charge is 0.386 e. The minimum absolute atomic E-state index is 0.102. The van der Waals surface area contributed by atoms with Crippen molar-refractivity contribution in [1.82, 2.24) is 4.90 Å². The molecule has 4 heteroatoms. The number of carbonyl (C=O) groups is 1. The van der Waals surface area contributed by atoms with Crippen molar-refractivity contribution < 1.29 is 9.90 Å². The Morgan fingerprint density at radius 2 is 2.13 bits per heavy atom. The Morgan fingerprint density at radius 1 is 1.47 bits per heavy atom. The van der Waals surface area contributed by atoms with E-state index in [0.29, 0.717) is 13.1 Å². The van der Waals surface area contributed by atoms with Crippen LogP contribution in [0.15, 0.2) is 0 Å². The van der Waals surface area contributed by atoms with Crippen molar-refractivity contribution in [2.45, 2.75) is 44.2 Å². The van der Waals surface area contributed by atoms with Crippen LogP contribution in [0, 0.1) is 5.92 Å². The van der Waals surface area contributed by atoms with Crippen LogP contribution in [-0.2, 0) is 4.79 Å². The molecular weight excluding hydrogens is 192 g/mol. The SMILES string of the molecule is CC1(O)CN(C(=O)C2CCCC(N)C2)C1. The van der Waals surface area contributed by atoms with Crippen LogP contribution in [0.3, 0.4) is 0 Å². The van der Waals surface area contributed by atoms with Crippen molar-refractivity contribution in [3.63, 3.8) is 0 Å². The van der Waals surface area contributed by atoms with Gasteiger partial charge in [0.15, 0.2) is 0 Å². The van der Waals surface area contributed by atoms with E-state index in [9.17, 15) is 9.90 Å². The summed E-state index contributed by atoms with van der Waals surface area (Å²) in [6, 6.07) is 0.189. The molecule has 0 bridgehead atoms. The standard InChI is InChI=1S/C11H20N2O2/c1-11(15)6-13(7-11)10(14)8-3-2-4-9(12)5-8/h8-9,15H,2-7,12H2,1H3. The van der Waals surface area contributed by atoms with Gasteiger partial charge in [-0.1, -0.05) is 6.42 Å². The van der Waals surface area contributed by atoms with Gasteiger partial charge in [0.1, 0.15) is 0 Å². The molecule has 1 aliphatic carbocycles. The highest BCUT2D eigenvalue weighted by atomic mass is 16.3. The van der Waals surface area contributed by atoms with Crippen LogP contribution >= 0.6 is 0 Å². The van der Waals surface area contributed by atoms with Crippen molar-refractivity contribution >= 4 is 5.91 Å². The van der Waals surface area contributed by atoms with Crippen LogP contribution in [0.2, 0.25) is 0 Å². The summed E-state index contributed by atoms with van der Waals surface area (Å²) >= 11 is 0. The normalized spacial score (nSPS) is 34.7. The third-order valence-corrected chi connectivity index (χ3v) is 3.44. The summed E-state index contributed by atoms with van der Waals surface area (Å²) < 4.78 is 0. The van der Waals surface area contributed by atoms with Crippen molar-refractivity contribution in [1.29, 1.82) is 0 Å². The van der Waals surface area contributed by atoms with Gasteiger partial charge in [0, 0.05) is 12.0 Å². The van der Waals surface area contributed by atoms with Crippen LogP contribution in [0.5, 0.6) is 0 Å². The summed E-state index contributed by atoms with van der Waals surface area (Å²) in [7, 11) is 0. The minimum Gasteiger partial charge on any atom is -0.386 e. The van der Waals surface area contributed by atoms with E-state index in [2.05, 4.69) is 0 Å². The van der Waals surface area contributed by atoms with E-state index < -0.39 is 5.60 Å². The Kier molecular flexibility index (Phi) is 2.73. The minimum atomic E-state index is -0.660. The van der Waals surface area contributed by atoms with Crippen LogP contribution in [0.25, 0.3) is 0 Å². The van der Waals surface area contributed by atoms with E-state index in [0.717, 1.165) is 25.7 Å². The summed E-state index contributed by atoms with van der Waals surface area (Å²) in [5, 5.41) is 9.56. The molecule has 0 spiro atoms. The van der Waals surface area contributed by atoms with Gasteiger partial charge in [0.05, 0.1) is 18.7 Å². The number of nitrogens with two attached hydrogens (primary N) is 1. The first-order valence-corrected chi connectivity index (χ1v) is 5.75. The van der Waals surface area contributed by atoms with Gasteiger partial charge in [-0.15, -0.1) is 0 Å². The first-order valence-electron chi connectivity index (χ1n) is 5.75. The van der Waals surface area contributed by atoms with Gasteiger partial charge in [0.25, 0.3) is 0 Å². The molecule has 1 saturated heterocycles. The topological polar surface area (TPSA) is 66.6 Å². The quantitative estimate of drug-likeness (QED) is 0.647. The predicted molar refractivity (Wildman–Crippen MR) is 57.1 cm³/mol. The van der Waals surface area contributed by atoms with Gasteiger partial charge in [-0.2, -0.15) is 0 Å². The molecule has 1 amide bonds. The molecule has 2 aliphatic rings. The average Bonchev–Trinajstić information content (AvgIpc) is 2.13. The van der Waals surface area contributed by atoms with Crippen LogP contribution < -0.4 is 5.73 Å². The summed E-state index contributed by atoms with van der Waals surface area (Å²) in [6.07, 6.45) is 3.88. The first kappa shape index (κ1) is 10.9. The van der Waals surface area contributed by atoms with Gasteiger partial charge in [-0.25, -0.2) is 0 Å². The molecule has 2 rings (SSSR count). The Bertz CT molecular complexity index is 257. The van der Waals surface area contributed by atoms with E-state index in [4.69, 9.17) is 5.73 Å². The van der Waals surface area contributed by atoms with Crippen molar-refractivity contribution in [3.05, 3.63) is 0 Å². The summed E-state index contributed by atoms with van der Waals surface area (Å²) in [5.74, 6) is 0.293. The van der Waals surface area contributed by atoms with Crippen LogP contribution in [-0.4, -0.2) is 40.6 Å². The lowest BCUT2D eigenvalue weighted by atomic mass is 9.83. The molecule has 0 radical (unpaired) electrons. The second-order valence-corrected chi connectivity index (χ2v) is 5.31. The van der Waals surface area contributed by atoms with Crippen LogP contribution in [0.4, 0.5) is 0 Å². The zero-order valence-electron chi connectivity index (χ0n) is 9.28. The smallest absolute Gasteiger partial charge is 0.225 e. The maximum Gasteiger partial charge on any atom is 0.225 e. The molecular formula is C11H20N2O2. The lowest BCUT2D eigenvalue weighted by Gasteiger charge is -2.46. The van der Waals surface area contributed by atoms with E-state index in [1.807, 2.05) is 0 Å². The maximum absolute atomic E-state index is 12.0. The van der Waals surface area contributed by atoms with Crippen molar-refractivity contribution in [2.75, 3.05) is 13.1 Å².